The Morgan fingerprint density at radius 1 is 0.101 bits per heavy atom. The van der Waals surface area contributed by atoms with Crippen LogP contribution in [0.4, 0.5) is 0 Å². The molecule has 0 saturated carbocycles. The zero-order chi connectivity index (χ0) is 75.4. The van der Waals surface area contributed by atoms with Crippen LogP contribution in [-0.4, -0.2) is 0 Å². The third-order valence-electron chi connectivity index (χ3n) is 19.3. The molecule has 0 saturated heterocycles. The minimum atomic E-state index is 1.24. The van der Waals surface area contributed by atoms with Gasteiger partial charge in [0.1, 0.15) is 0 Å². The van der Waals surface area contributed by atoms with Crippen molar-refractivity contribution in [3.05, 3.63) is 482 Å². The molecule has 17 aromatic carbocycles. The third kappa shape index (κ3) is 21.9. The lowest BCUT2D eigenvalue weighted by atomic mass is 9.93. The Bertz CT molecular complexity index is 5500. The predicted octanol–water partition coefficient (Wildman–Crippen LogP) is 30.6. The van der Waals surface area contributed by atoms with Crippen LogP contribution in [0.25, 0.3) is 122 Å². The highest BCUT2D eigenvalue weighted by molar-refractivity contribution is 5.82. The highest BCUT2D eigenvalue weighted by Crippen LogP contribution is 2.35. The fourth-order valence-electron chi connectivity index (χ4n) is 13.3. The number of aryl methyl sites for hydroxylation is 7. The second-order valence-electron chi connectivity index (χ2n) is 27.7. The van der Waals surface area contributed by atoms with Crippen LogP contribution >= 0.6 is 0 Å². The van der Waals surface area contributed by atoms with Gasteiger partial charge >= 0.3 is 0 Å². The maximum absolute atomic E-state index is 2.29. The van der Waals surface area contributed by atoms with E-state index in [-0.39, 0.29) is 0 Å². The number of hydrogen-bond donors (Lipinski definition) is 0. The zero-order valence-corrected chi connectivity index (χ0v) is 63.6. The van der Waals surface area contributed by atoms with Gasteiger partial charge in [-0.3, -0.25) is 0 Å². The molecule has 0 nitrogen and oxygen atoms in total. The van der Waals surface area contributed by atoms with E-state index in [9.17, 15) is 0 Å². The van der Waals surface area contributed by atoms with E-state index in [0.29, 0.717) is 0 Å². The average Bonchev–Trinajstić information content (AvgIpc) is 0.804. The van der Waals surface area contributed by atoms with E-state index in [0.717, 1.165) is 0 Å². The summed E-state index contributed by atoms with van der Waals surface area (Å²) in [5, 5.41) is 0. The average molecular weight is 1400 g/mol. The van der Waals surface area contributed by atoms with Crippen LogP contribution in [-0.2, 0) is 0 Å². The summed E-state index contributed by atoms with van der Waals surface area (Å²) >= 11 is 0. The minimum absolute atomic E-state index is 1.24. The van der Waals surface area contributed by atoms with Crippen molar-refractivity contribution >= 4 is 0 Å². The van der Waals surface area contributed by atoms with Gasteiger partial charge in [0.25, 0.3) is 0 Å². The molecule has 0 radical (unpaired) electrons. The van der Waals surface area contributed by atoms with E-state index in [1.807, 2.05) is 18.2 Å². The Kier molecular flexibility index (Phi) is 26.8. The van der Waals surface area contributed by atoms with Gasteiger partial charge in [-0.2, -0.15) is 0 Å². The Balaban J connectivity index is 0.000000123. The van der Waals surface area contributed by atoms with Gasteiger partial charge in [-0.05, 0) is 223 Å². The van der Waals surface area contributed by atoms with E-state index in [2.05, 4.69) is 473 Å². The summed E-state index contributed by atoms with van der Waals surface area (Å²) in [7, 11) is 0. The maximum atomic E-state index is 2.29. The molecule has 0 heterocycles. The highest BCUT2D eigenvalue weighted by atomic mass is 14.1. The summed E-state index contributed by atoms with van der Waals surface area (Å²) in [6, 6.07) is 156. The summed E-state index contributed by atoms with van der Waals surface area (Å²) in [6.45, 7) is 15.0. The molecule has 17 aromatic rings. The van der Waals surface area contributed by atoms with Crippen LogP contribution in [0.15, 0.2) is 443 Å². The number of rotatable bonds is 11. The Morgan fingerprint density at radius 2 is 0.294 bits per heavy atom. The van der Waals surface area contributed by atoms with Crippen molar-refractivity contribution < 1.29 is 0 Å². The molecular formula is C109H94. The molecule has 0 N–H and O–H groups in total. The van der Waals surface area contributed by atoms with Gasteiger partial charge < -0.3 is 0 Å². The number of hydrogen-bond acceptors (Lipinski definition) is 0. The molecule has 0 heteroatoms. The van der Waals surface area contributed by atoms with Crippen molar-refractivity contribution in [2.45, 2.75) is 48.5 Å². The second kappa shape index (κ2) is 38.7. The van der Waals surface area contributed by atoms with Gasteiger partial charge in [-0.1, -0.05) is 429 Å². The molecule has 0 bridgehead atoms. The molecule has 0 fully saturated rings. The van der Waals surface area contributed by atoms with Gasteiger partial charge in [0, 0.05) is 0 Å². The molecule has 109 heavy (non-hydrogen) atoms. The van der Waals surface area contributed by atoms with E-state index in [1.54, 1.807) is 0 Å². The fraction of sp³-hybridized carbons (Fsp3) is 0.0642. The standard InChI is InChI=1S/C25H20.3C19H16.C14H14.C13H12/c1-19-9-8-14-22(15-19)25-17-23(20-10-4-2-5-11-20)16-24(18-25)21-12-6-3-7-13-21;1-15-12-18(16-8-4-2-5-9-16)14-19(13-15)17-10-6-3-7-11-17;1-15-14-18(16-8-4-2-5-9-16)12-13-19(15)17-10-6-3-7-11-17;1-15-7-5-10-17(13-15)19-12-6-11-18(14-19)16-8-3-2-4-9-16;1-11-8-9-14(10-12(11)2)13-6-4-3-5-7-13;1-11-6-5-9-13(10-11)12-7-3-2-4-8-12/h2-18H,1H3;3*2-14H,1H3;3-10H,1-2H3;2-10H,1H3. The molecule has 0 aliphatic rings. The normalized spacial score (nSPS) is 10.3. The lowest BCUT2D eigenvalue weighted by Gasteiger charge is -2.11. The molecular weight excluding hydrogens is 1310 g/mol. The number of benzene rings is 17. The molecule has 0 aliphatic heterocycles. The first kappa shape index (κ1) is 75.4. The first-order chi connectivity index (χ1) is 53.4. The highest BCUT2D eigenvalue weighted by Gasteiger charge is 2.10. The summed E-state index contributed by atoms with van der Waals surface area (Å²) in [5.41, 5.74) is 37.1. The molecule has 17 rings (SSSR count). The summed E-state index contributed by atoms with van der Waals surface area (Å²) in [6.07, 6.45) is 0. The van der Waals surface area contributed by atoms with Gasteiger partial charge in [-0.25, -0.2) is 0 Å². The van der Waals surface area contributed by atoms with Gasteiger partial charge in [-0.15, -0.1) is 0 Å². The van der Waals surface area contributed by atoms with Crippen LogP contribution < -0.4 is 0 Å². The monoisotopic (exact) mass is 1400 g/mol. The van der Waals surface area contributed by atoms with Crippen LogP contribution in [0.3, 0.4) is 0 Å². The molecule has 0 unspecified atom stereocenters. The van der Waals surface area contributed by atoms with Crippen molar-refractivity contribution in [2.75, 3.05) is 0 Å². The lowest BCUT2D eigenvalue weighted by Crippen LogP contribution is -1.86. The molecule has 0 atom stereocenters. The van der Waals surface area contributed by atoms with Gasteiger partial charge in [0.15, 0.2) is 0 Å². The van der Waals surface area contributed by atoms with Crippen molar-refractivity contribution in [3.63, 3.8) is 0 Å². The zero-order valence-electron chi connectivity index (χ0n) is 63.6. The topological polar surface area (TPSA) is 0 Å². The molecule has 0 spiro atoms. The van der Waals surface area contributed by atoms with Crippen LogP contribution in [0.2, 0.25) is 0 Å². The summed E-state index contributed by atoms with van der Waals surface area (Å²) < 4.78 is 0. The fourth-order valence-corrected chi connectivity index (χ4v) is 13.3. The third-order valence-corrected chi connectivity index (χ3v) is 19.3. The van der Waals surface area contributed by atoms with Crippen molar-refractivity contribution in [3.8, 4) is 122 Å². The molecule has 0 amide bonds. The first-order valence-corrected chi connectivity index (χ1v) is 37.7. The van der Waals surface area contributed by atoms with Crippen LogP contribution in [0, 0.1) is 48.5 Å². The largest absolute Gasteiger partial charge is 0.0622 e. The van der Waals surface area contributed by atoms with Gasteiger partial charge in [0.05, 0.1) is 0 Å². The van der Waals surface area contributed by atoms with Crippen molar-refractivity contribution in [2.24, 2.45) is 0 Å². The van der Waals surface area contributed by atoms with E-state index in [4.69, 9.17) is 0 Å². The second-order valence-corrected chi connectivity index (χ2v) is 27.7. The summed E-state index contributed by atoms with van der Waals surface area (Å²) in [5.74, 6) is 0. The molecule has 530 valence electrons. The van der Waals surface area contributed by atoms with Crippen LogP contribution in [0.1, 0.15) is 38.9 Å². The minimum Gasteiger partial charge on any atom is -0.0622 e. The van der Waals surface area contributed by atoms with Crippen LogP contribution in [0.5, 0.6) is 0 Å². The van der Waals surface area contributed by atoms with E-state index < -0.39 is 0 Å². The predicted molar refractivity (Wildman–Crippen MR) is 472 cm³/mol. The lowest BCUT2D eigenvalue weighted by molar-refractivity contribution is 1.34. The Labute approximate surface area is 648 Å². The molecule has 0 aromatic heterocycles. The smallest absolute Gasteiger partial charge is 0.0154 e. The SMILES string of the molecule is Cc1cc(-c2ccccc2)cc(-c2ccccc2)c1.Cc1cc(-c2ccccc2)ccc1-c1ccccc1.Cc1ccc(-c2ccccc2)cc1C.Cc1cccc(-c2cc(-c3ccccc3)cc(-c3ccccc3)c2)c1.Cc1cccc(-c2cccc(-c3ccccc3)c2)c1.Cc1cccc(-c2ccccc2)c1. The maximum Gasteiger partial charge on any atom is -0.0154 e. The Morgan fingerprint density at radius 3 is 0.596 bits per heavy atom. The van der Waals surface area contributed by atoms with Gasteiger partial charge in [0.2, 0.25) is 0 Å². The first-order valence-electron chi connectivity index (χ1n) is 37.7. The van der Waals surface area contributed by atoms with E-state index in [1.165, 1.54) is 161 Å². The molecule has 0 aliphatic carbocycles. The summed E-state index contributed by atoms with van der Waals surface area (Å²) in [4.78, 5) is 0. The van der Waals surface area contributed by atoms with Crippen molar-refractivity contribution in [1.29, 1.82) is 0 Å². The quantitative estimate of drug-likeness (QED) is 0.121. The Hall–Kier alpha value is -13.3. The van der Waals surface area contributed by atoms with E-state index >= 15 is 0 Å². The van der Waals surface area contributed by atoms with Crippen molar-refractivity contribution in [1.82, 2.24) is 0 Å².